The fraction of sp³-hybridized carbons (Fsp3) is 0.136. The monoisotopic (exact) mass is 395 g/mol. The van der Waals surface area contributed by atoms with Crippen LogP contribution in [0.15, 0.2) is 65.4 Å². The minimum absolute atomic E-state index is 0.0424. The number of amides is 1. The molecule has 29 heavy (non-hydrogen) atoms. The number of benzene rings is 2. The molecule has 3 rings (SSSR count). The van der Waals surface area contributed by atoms with Gasteiger partial charge in [0.25, 0.3) is 5.91 Å². The summed E-state index contributed by atoms with van der Waals surface area (Å²) in [4.78, 5) is 38.2. The fourth-order valence-electron chi connectivity index (χ4n) is 3.10. The van der Waals surface area contributed by atoms with E-state index in [1.807, 2.05) is 0 Å². The van der Waals surface area contributed by atoms with Crippen LogP contribution in [-0.4, -0.2) is 32.1 Å². The molecule has 0 atom stereocenters. The lowest BCUT2D eigenvalue weighted by molar-refractivity contribution is -0.136. The van der Waals surface area contributed by atoms with Crippen LogP contribution < -0.4 is 4.90 Å². The molecule has 0 aliphatic carbocycles. The number of hydrogen-bond donors (Lipinski definition) is 0. The first-order valence-corrected chi connectivity index (χ1v) is 8.67. The Morgan fingerprint density at radius 2 is 1.59 bits per heavy atom. The minimum atomic E-state index is -0.702. The zero-order chi connectivity index (χ0) is 21.1. The van der Waals surface area contributed by atoms with Crippen molar-refractivity contribution in [2.45, 2.75) is 6.92 Å². The van der Waals surface area contributed by atoms with Crippen LogP contribution in [0.2, 0.25) is 0 Å². The number of methoxy groups -OCH3 is 2. The number of hydrogen-bond acceptors (Lipinski definition) is 5. The second kappa shape index (κ2) is 8.10. The van der Waals surface area contributed by atoms with Crippen LogP contribution in [0.25, 0.3) is 6.08 Å². The Morgan fingerprint density at radius 1 is 0.966 bits per heavy atom. The molecule has 0 unspecified atom stereocenters. The Balaban J connectivity index is 2.09. The maximum Gasteiger partial charge on any atom is 0.340 e. The van der Waals surface area contributed by atoms with Gasteiger partial charge in [-0.15, -0.1) is 0 Å². The zero-order valence-corrected chi connectivity index (χ0v) is 16.1. The van der Waals surface area contributed by atoms with Crippen molar-refractivity contribution in [3.8, 4) is 0 Å². The first-order chi connectivity index (χ1) is 13.9. The van der Waals surface area contributed by atoms with E-state index in [4.69, 9.17) is 4.74 Å². The predicted octanol–water partition coefficient (Wildman–Crippen LogP) is 3.49. The Labute approximate surface area is 166 Å². The lowest BCUT2D eigenvalue weighted by Gasteiger charge is -2.18. The van der Waals surface area contributed by atoms with Crippen molar-refractivity contribution in [2.24, 2.45) is 0 Å². The first-order valence-electron chi connectivity index (χ1n) is 8.67. The smallest absolute Gasteiger partial charge is 0.340 e. The summed E-state index contributed by atoms with van der Waals surface area (Å²) in [5.41, 5.74) is 1.36. The average Bonchev–Trinajstić information content (AvgIpc) is 2.97. The predicted molar refractivity (Wildman–Crippen MR) is 104 cm³/mol. The summed E-state index contributed by atoms with van der Waals surface area (Å²) in [5, 5.41) is 0. The molecule has 1 amide bonds. The third-order valence-electron chi connectivity index (χ3n) is 4.53. The zero-order valence-electron chi connectivity index (χ0n) is 16.1. The lowest BCUT2D eigenvalue weighted by Crippen LogP contribution is -2.25. The van der Waals surface area contributed by atoms with Crippen LogP contribution in [0.5, 0.6) is 0 Å². The van der Waals surface area contributed by atoms with E-state index in [9.17, 15) is 18.8 Å². The van der Waals surface area contributed by atoms with E-state index in [2.05, 4.69) is 4.74 Å². The van der Waals surface area contributed by atoms with Gasteiger partial charge in [0.1, 0.15) is 5.82 Å². The summed E-state index contributed by atoms with van der Waals surface area (Å²) >= 11 is 0. The second-order valence-electron chi connectivity index (χ2n) is 6.22. The Morgan fingerprint density at radius 3 is 2.17 bits per heavy atom. The highest BCUT2D eigenvalue weighted by molar-refractivity contribution is 6.23. The molecule has 0 saturated carbocycles. The van der Waals surface area contributed by atoms with E-state index in [0.29, 0.717) is 11.1 Å². The van der Waals surface area contributed by atoms with E-state index in [-0.39, 0.29) is 22.5 Å². The molecular formula is C22H18FNO5. The Bertz CT molecular complexity index is 1050. The number of carbonyl (C=O) groups excluding carboxylic acids is 3. The van der Waals surface area contributed by atoms with Gasteiger partial charge in [-0.3, -0.25) is 9.69 Å². The maximum atomic E-state index is 14.3. The van der Waals surface area contributed by atoms with Gasteiger partial charge in [-0.2, -0.15) is 0 Å². The van der Waals surface area contributed by atoms with Gasteiger partial charge in [0.05, 0.1) is 36.6 Å². The highest BCUT2D eigenvalue weighted by Gasteiger charge is 2.38. The number of esters is 2. The molecule has 148 valence electrons. The van der Waals surface area contributed by atoms with Gasteiger partial charge in [-0.25, -0.2) is 14.0 Å². The van der Waals surface area contributed by atoms with Crippen LogP contribution in [0, 0.1) is 5.82 Å². The van der Waals surface area contributed by atoms with E-state index in [1.165, 1.54) is 38.5 Å². The molecule has 1 aliphatic rings. The highest BCUT2D eigenvalue weighted by atomic mass is 19.1. The van der Waals surface area contributed by atoms with Crippen LogP contribution in [0.4, 0.5) is 10.1 Å². The molecule has 0 spiro atoms. The van der Waals surface area contributed by atoms with Crippen LogP contribution in [0.3, 0.4) is 0 Å². The summed E-state index contributed by atoms with van der Waals surface area (Å²) in [6.45, 7) is 1.55. The number of nitrogens with zero attached hydrogens (tertiary/aromatic N) is 1. The van der Waals surface area contributed by atoms with Gasteiger partial charge in [0, 0.05) is 5.70 Å². The summed E-state index contributed by atoms with van der Waals surface area (Å²) in [6.07, 6.45) is 1.50. The highest BCUT2D eigenvalue weighted by Crippen LogP contribution is 2.36. The standard InChI is InChI=1S/C22H18FNO5/c1-13-19(22(27)29-3)16(12-14-8-10-15(11-9-14)21(26)28-2)20(25)24(13)18-7-5-4-6-17(18)23/h4-12H,1-3H3/b16-12-. The summed E-state index contributed by atoms with van der Waals surface area (Å²) in [7, 11) is 2.49. The average molecular weight is 395 g/mol. The third kappa shape index (κ3) is 3.67. The van der Waals surface area contributed by atoms with Crippen molar-refractivity contribution < 1.29 is 28.2 Å². The molecule has 0 fully saturated rings. The number of halogens is 1. The van der Waals surface area contributed by atoms with Gasteiger partial charge < -0.3 is 9.47 Å². The van der Waals surface area contributed by atoms with E-state index in [1.54, 1.807) is 37.3 Å². The van der Waals surface area contributed by atoms with Crippen molar-refractivity contribution in [1.82, 2.24) is 0 Å². The molecule has 0 bridgehead atoms. The quantitative estimate of drug-likeness (QED) is 0.585. The third-order valence-corrected chi connectivity index (χ3v) is 4.53. The maximum absolute atomic E-state index is 14.3. The van der Waals surface area contributed by atoms with Crippen molar-refractivity contribution in [3.05, 3.63) is 82.3 Å². The van der Waals surface area contributed by atoms with Gasteiger partial charge in [-0.05, 0) is 42.8 Å². The van der Waals surface area contributed by atoms with Crippen molar-refractivity contribution in [3.63, 3.8) is 0 Å². The molecule has 6 nitrogen and oxygen atoms in total. The first kappa shape index (κ1) is 20.0. The van der Waals surface area contributed by atoms with E-state index in [0.717, 1.165) is 4.90 Å². The van der Waals surface area contributed by atoms with Gasteiger partial charge >= 0.3 is 11.9 Å². The van der Waals surface area contributed by atoms with E-state index >= 15 is 0 Å². The molecule has 0 N–H and O–H groups in total. The Kier molecular flexibility index (Phi) is 5.59. The van der Waals surface area contributed by atoms with Gasteiger partial charge in [0.15, 0.2) is 0 Å². The van der Waals surface area contributed by atoms with Gasteiger partial charge in [0.2, 0.25) is 0 Å². The molecular weight excluding hydrogens is 377 g/mol. The van der Waals surface area contributed by atoms with Crippen LogP contribution in [0.1, 0.15) is 22.8 Å². The topological polar surface area (TPSA) is 72.9 Å². The summed E-state index contributed by atoms with van der Waals surface area (Å²) in [6, 6.07) is 12.1. The number of carbonyl (C=O) groups is 3. The molecule has 0 radical (unpaired) electrons. The molecule has 0 saturated heterocycles. The number of anilines is 1. The number of allylic oxidation sites excluding steroid dienone is 1. The number of para-hydroxylation sites is 1. The largest absolute Gasteiger partial charge is 0.465 e. The fourth-order valence-corrected chi connectivity index (χ4v) is 3.10. The van der Waals surface area contributed by atoms with E-state index < -0.39 is 23.7 Å². The van der Waals surface area contributed by atoms with Crippen molar-refractivity contribution >= 4 is 29.6 Å². The van der Waals surface area contributed by atoms with Crippen LogP contribution in [-0.2, 0) is 19.1 Å². The number of rotatable bonds is 4. The molecule has 1 heterocycles. The normalized spacial score (nSPS) is 15.1. The molecule has 2 aromatic rings. The summed E-state index contributed by atoms with van der Waals surface area (Å²) in [5.74, 6) is -2.33. The SMILES string of the molecule is COC(=O)C1=C(C)N(c2ccccc2F)C(=O)/C1=C\c1ccc(C(=O)OC)cc1. The van der Waals surface area contributed by atoms with Crippen LogP contribution >= 0.6 is 0 Å². The lowest BCUT2D eigenvalue weighted by atomic mass is 10.0. The molecule has 7 heteroatoms. The van der Waals surface area contributed by atoms with Crippen molar-refractivity contribution in [2.75, 3.05) is 19.1 Å². The minimum Gasteiger partial charge on any atom is -0.465 e. The molecule has 1 aliphatic heterocycles. The van der Waals surface area contributed by atoms with Crippen molar-refractivity contribution in [1.29, 1.82) is 0 Å². The summed E-state index contributed by atoms with van der Waals surface area (Å²) < 4.78 is 23.8. The second-order valence-corrected chi connectivity index (χ2v) is 6.22. The molecule has 2 aromatic carbocycles. The molecule has 0 aromatic heterocycles. The Hall–Kier alpha value is -3.74. The number of ether oxygens (including phenoxy) is 2. The van der Waals surface area contributed by atoms with Gasteiger partial charge in [-0.1, -0.05) is 24.3 Å².